The Balaban J connectivity index is 1.36. The summed E-state index contributed by atoms with van der Waals surface area (Å²) in [4.78, 5) is 4.03. The number of hydrogen-bond donors (Lipinski definition) is 0. The lowest BCUT2D eigenvalue weighted by Crippen LogP contribution is -2.50. The van der Waals surface area contributed by atoms with Crippen molar-refractivity contribution in [1.82, 2.24) is 14.9 Å². The molecular formula is C18H29N3O2S. The van der Waals surface area contributed by atoms with Crippen LogP contribution in [0.25, 0.3) is 0 Å². The molecule has 2 saturated heterocycles. The molecule has 0 N–H and O–H groups in total. The molecule has 5 nitrogen and oxygen atoms in total. The van der Waals surface area contributed by atoms with Crippen molar-refractivity contribution in [1.29, 1.82) is 0 Å². The molecule has 4 heterocycles. The minimum Gasteiger partial charge on any atom is -0.479 e. The SMILES string of the molecule is CC(C)N1CCC(Oc2cc3c(s2)CCN(N2CCOCC2)C3)C1. The van der Waals surface area contributed by atoms with E-state index in [1.165, 1.54) is 10.4 Å². The van der Waals surface area contributed by atoms with Gasteiger partial charge in [0.2, 0.25) is 0 Å². The Hall–Kier alpha value is -0.660. The zero-order valence-electron chi connectivity index (χ0n) is 14.9. The number of morpholine rings is 1. The maximum Gasteiger partial charge on any atom is 0.174 e. The van der Waals surface area contributed by atoms with Crippen LogP contribution in [0.15, 0.2) is 6.07 Å². The Morgan fingerprint density at radius 2 is 2.00 bits per heavy atom. The molecule has 2 fully saturated rings. The van der Waals surface area contributed by atoms with E-state index in [0.717, 1.165) is 70.4 Å². The van der Waals surface area contributed by atoms with Gasteiger partial charge in [-0.25, -0.2) is 10.0 Å². The number of ether oxygens (including phenoxy) is 2. The van der Waals surface area contributed by atoms with Crippen LogP contribution in [0.4, 0.5) is 0 Å². The fraction of sp³-hybridized carbons (Fsp3) is 0.778. The van der Waals surface area contributed by atoms with E-state index >= 15 is 0 Å². The highest BCUT2D eigenvalue weighted by Gasteiger charge is 2.28. The molecule has 24 heavy (non-hydrogen) atoms. The summed E-state index contributed by atoms with van der Waals surface area (Å²) in [5.41, 5.74) is 1.46. The number of likely N-dealkylation sites (tertiary alicyclic amines) is 1. The molecule has 0 amide bonds. The van der Waals surface area contributed by atoms with E-state index < -0.39 is 0 Å². The quantitative estimate of drug-likeness (QED) is 0.829. The van der Waals surface area contributed by atoms with Gasteiger partial charge in [0, 0.05) is 50.2 Å². The van der Waals surface area contributed by atoms with Gasteiger partial charge in [0.1, 0.15) is 6.10 Å². The van der Waals surface area contributed by atoms with Crippen molar-refractivity contribution in [2.24, 2.45) is 0 Å². The molecule has 1 unspecified atom stereocenters. The molecule has 1 aromatic rings. The largest absolute Gasteiger partial charge is 0.479 e. The van der Waals surface area contributed by atoms with Gasteiger partial charge in [-0.05, 0) is 38.3 Å². The van der Waals surface area contributed by atoms with E-state index in [9.17, 15) is 0 Å². The molecule has 4 rings (SSSR count). The maximum absolute atomic E-state index is 6.31. The topological polar surface area (TPSA) is 28.2 Å². The number of thiophene rings is 1. The van der Waals surface area contributed by atoms with Crippen LogP contribution in [0.5, 0.6) is 5.06 Å². The minimum absolute atomic E-state index is 0.364. The lowest BCUT2D eigenvalue weighted by atomic mass is 10.1. The molecule has 0 saturated carbocycles. The minimum atomic E-state index is 0.364. The highest BCUT2D eigenvalue weighted by molar-refractivity contribution is 7.14. The smallest absolute Gasteiger partial charge is 0.174 e. The third-order valence-electron chi connectivity index (χ3n) is 5.40. The van der Waals surface area contributed by atoms with Crippen molar-refractivity contribution in [3.05, 3.63) is 16.5 Å². The van der Waals surface area contributed by atoms with Crippen molar-refractivity contribution in [2.45, 2.75) is 45.4 Å². The number of hydrazine groups is 1. The first kappa shape index (κ1) is 16.8. The zero-order valence-corrected chi connectivity index (χ0v) is 15.7. The highest BCUT2D eigenvalue weighted by Crippen LogP contribution is 2.35. The van der Waals surface area contributed by atoms with E-state index in [1.807, 2.05) is 11.3 Å². The molecule has 3 aliphatic heterocycles. The first-order valence-electron chi connectivity index (χ1n) is 9.29. The van der Waals surface area contributed by atoms with Crippen LogP contribution < -0.4 is 4.74 Å². The monoisotopic (exact) mass is 351 g/mol. The molecule has 1 aromatic heterocycles. The average Bonchev–Trinajstić information content (AvgIpc) is 3.21. The van der Waals surface area contributed by atoms with Crippen LogP contribution >= 0.6 is 11.3 Å². The molecule has 0 aliphatic carbocycles. The van der Waals surface area contributed by atoms with Crippen LogP contribution in [-0.4, -0.2) is 73.0 Å². The molecule has 0 bridgehead atoms. The Morgan fingerprint density at radius 3 is 2.75 bits per heavy atom. The fourth-order valence-corrected chi connectivity index (χ4v) is 4.99. The third kappa shape index (κ3) is 3.63. The Morgan fingerprint density at radius 1 is 1.17 bits per heavy atom. The van der Waals surface area contributed by atoms with Gasteiger partial charge in [-0.3, -0.25) is 4.90 Å². The summed E-state index contributed by atoms with van der Waals surface area (Å²) in [6, 6.07) is 2.92. The lowest BCUT2D eigenvalue weighted by molar-refractivity contribution is -0.0975. The first-order chi connectivity index (χ1) is 11.7. The molecule has 134 valence electrons. The van der Waals surface area contributed by atoms with E-state index in [4.69, 9.17) is 9.47 Å². The summed E-state index contributed by atoms with van der Waals surface area (Å²) in [5.74, 6) is 0. The Labute approximate surface area is 149 Å². The molecule has 0 radical (unpaired) electrons. The summed E-state index contributed by atoms with van der Waals surface area (Å²) in [6.07, 6.45) is 2.66. The molecule has 3 aliphatic rings. The summed E-state index contributed by atoms with van der Waals surface area (Å²) in [7, 11) is 0. The van der Waals surface area contributed by atoms with Crippen LogP contribution in [-0.2, 0) is 17.7 Å². The Kier molecular flexibility index (Phi) is 5.10. The number of rotatable bonds is 4. The van der Waals surface area contributed by atoms with Gasteiger partial charge in [-0.15, -0.1) is 11.3 Å². The third-order valence-corrected chi connectivity index (χ3v) is 6.53. The zero-order chi connectivity index (χ0) is 16.5. The van der Waals surface area contributed by atoms with Gasteiger partial charge in [0.15, 0.2) is 5.06 Å². The second kappa shape index (κ2) is 7.30. The molecule has 0 spiro atoms. The lowest BCUT2D eigenvalue weighted by Gasteiger charge is -2.39. The van der Waals surface area contributed by atoms with Crippen molar-refractivity contribution in [2.75, 3.05) is 45.9 Å². The van der Waals surface area contributed by atoms with Crippen LogP contribution in [0.2, 0.25) is 0 Å². The number of fused-ring (bicyclic) bond motifs is 1. The van der Waals surface area contributed by atoms with E-state index in [2.05, 4.69) is 34.8 Å². The van der Waals surface area contributed by atoms with E-state index in [1.54, 1.807) is 0 Å². The van der Waals surface area contributed by atoms with Crippen LogP contribution in [0, 0.1) is 0 Å². The summed E-state index contributed by atoms with van der Waals surface area (Å²) in [5, 5.41) is 6.08. The summed E-state index contributed by atoms with van der Waals surface area (Å²) < 4.78 is 11.8. The van der Waals surface area contributed by atoms with Crippen molar-refractivity contribution in [3.63, 3.8) is 0 Å². The summed E-state index contributed by atoms with van der Waals surface area (Å²) >= 11 is 1.87. The fourth-order valence-electron chi connectivity index (χ4n) is 3.91. The van der Waals surface area contributed by atoms with E-state index in [0.29, 0.717) is 12.1 Å². The van der Waals surface area contributed by atoms with Gasteiger partial charge in [-0.2, -0.15) is 0 Å². The average molecular weight is 352 g/mol. The van der Waals surface area contributed by atoms with Gasteiger partial charge in [0.05, 0.1) is 13.2 Å². The standard InChI is InChI=1S/C18H29N3O2S/c1-14(2)19-5-3-16(13-19)23-18-11-15-12-21(6-4-17(15)24-18)20-7-9-22-10-8-20/h11,14,16H,3-10,12-13H2,1-2H3. The normalized spacial score (nSPS) is 26.9. The number of nitrogens with zero attached hydrogens (tertiary/aromatic N) is 3. The van der Waals surface area contributed by atoms with Gasteiger partial charge >= 0.3 is 0 Å². The predicted octanol–water partition coefficient (Wildman–Crippen LogP) is 2.21. The van der Waals surface area contributed by atoms with Crippen molar-refractivity contribution >= 4 is 11.3 Å². The Bertz CT molecular complexity index is 556. The second-order valence-corrected chi connectivity index (χ2v) is 8.43. The van der Waals surface area contributed by atoms with Gasteiger partial charge < -0.3 is 9.47 Å². The maximum atomic E-state index is 6.31. The van der Waals surface area contributed by atoms with Crippen molar-refractivity contribution in [3.8, 4) is 5.06 Å². The second-order valence-electron chi connectivity index (χ2n) is 7.34. The number of hydrogen-bond acceptors (Lipinski definition) is 6. The van der Waals surface area contributed by atoms with Crippen LogP contribution in [0.3, 0.4) is 0 Å². The highest BCUT2D eigenvalue weighted by atomic mass is 32.1. The van der Waals surface area contributed by atoms with Gasteiger partial charge in [-0.1, -0.05) is 0 Å². The van der Waals surface area contributed by atoms with Crippen LogP contribution in [0.1, 0.15) is 30.7 Å². The predicted molar refractivity (Wildman–Crippen MR) is 96.6 cm³/mol. The molecule has 1 atom stereocenters. The molecule has 6 heteroatoms. The van der Waals surface area contributed by atoms with E-state index in [-0.39, 0.29) is 0 Å². The van der Waals surface area contributed by atoms with Crippen molar-refractivity contribution < 1.29 is 9.47 Å². The molecular weight excluding hydrogens is 322 g/mol. The first-order valence-corrected chi connectivity index (χ1v) is 10.1. The van der Waals surface area contributed by atoms with Gasteiger partial charge in [0.25, 0.3) is 0 Å². The molecule has 0 aromatic carbocycles. The summed E-state index contributed by atoms with van der Waals surface area (Å²) in [6.45, 7) is 12.7.